The number of nitrogens with two attached hydrogens (primary N) is 1. The van der Waals surface area contributed by atoms with Gasteiger partial charge in [0.15, 0.2) is 0 Å². The van der Waals surface area contributed by atoms with E-state index in [0.29, 0.717) is 13.0 Å². The third-order valence-corrected chi connectivity index (χ3v) is 3.14. The molecule has 0 aliphatic rings. The highest BCUT2D eigenvalue weighted by atomic mass is 79.9. The van der Waals surface area contributed by atoms with Crippen LogP contribution in [0.15, 0.2) is 33.9 Å². The number of benzene rings is 1. The molecular formula is C12H17BrN2O2. The van der Waals surface area contributed by atoms with Gasteiger partial charge in [-0.25, -0.2) is 0 Å². The Labute approximate surface area is 110 Å². The number of oxime groups is 1. The van der Waals surface area contributed by atoms with Crippen LogP contribution >= 0.6 is 15.9 Å². The Kier molecular flexibility index (Phi) is 4.81. The molecule has 0 saturated heterocycles. The number of hydrogen-bond donors (Lipinski definition) is 2. The zero-order valence-electron chi connectivity index (χ0n) is 9.98. The van der Waals surface area contributed by atoms with Crippen molar-refractivity contribution >= 4 is 21.8 Å². The minimum atomic E-state index is -0.371. The van der Waals surface area contributed by atoms with Crippen molar-refractivity contribution in [1.82, 2.24) is 0 Å². The van der Waals surface area contributed by atoms with Gasteiger partial charge in [-0.05, 0) is 30.7 Å². The smallest absolute Gasteiger partial charge is 0.144 e. The summed E-state index contributed by atoms with van der Waals surface area (Å²) in [5.41, 5.74) is 5.22. The molecule has 0 bridgehead atoms. The first-order valence-corrected chi connectivity index (χ1v) is 6.11. The lowest BCUT2D eigenvalue weighted by molar-refractivity contribution is 0.259. The van der Waals surface area contributed by atoms with E-state index >= 15 is 0 Å². The number of halogens is 1. The zero-order valence-corrected chi connectivity index (χ0v) is 11.6. The Bertz CT molecular complexity index is 388. The summed E-state index contributed by atoms with van der Waals surface area (Å²) in [6.45, 7) is 4.34. The van der Waals surface area contributed by atoms with E-state index in [4.69, 9.17) is 15.7 Å². The molecule has 1 aromatic rings. The fourth-order valence-corrected chi connectivity index (χ4v) is 1.48. The van der Waals surface area contributed by atoms with Crippen molar-refractivity contribution in [1.29, 1.82) is 0 Å². The molecule has 0 saturated carbocycles. The molecule has 3 N–H and O–H groups in total. The maximum absolute atomic E-state index is 8.63. The minimum Gasteiger partial charge on any atom is -0.494 e. The number of amidine groups is 1. The summed E-state index contributed by atoms with van der Waals surface area (Å²) in [4.78, 5) is 0. The molecule has 1 rings (SSSR count). The second-order valence-electron chi connectivity index (χ2n) is 4.42. The van der Waals surface area contributed by atoms with Gasteiger partial charge in [0.1, 0.15) is 11.6 Å². The highest BCUT2D eigenvalue weighted by Crippen LogP contribution is 2.22. The quantitative estimate of drug-likeness (QED) is 0.380. The number of nitrogens with zero attached hydrogens (tertiary/aromatic N) is 1. The van der Waals surface area contributed by atoms with Gasteiger partial charge in [0.25, 0.3) is 0 Å². The largest absolute Gasteiger partial charge is 0.494 e. The lowest BCUT2D eigenvalue weighted by Gasteiger charge is -2.22. The average molecular weight is 301 g/mol. The molecule has 0 fully saturated rings. The lowest BCUT2D eigenvalue weighted by Crippen LogP contribution is -2.33. The van der Waals surface area contributed by atoms with Crippen LogP contribution in [-0.2, 0) is 0 Å². The SMILES string of the molecule is CC(C)(CCOc1ccc(Br)cc1)C(N)=NO. The molecule has 5 heteroatoms. The third kappa shape index (κ3) is 4.26. The Hall–Kier alpha value is -1.23. The molecule has 0 heterocycles. The van der Waals surface area contributed by atoms with E-state index in [2.05, 4.69) is 21.1 Å². The summed E-state index contributed by atoms with van der Waals surface area (Å²) in [7, 11) is 0. The van der Waals surface area contributed by atoms with E-state index in [1.807, 2.05) is 38.1 Å². The van der Waals surface area contributed by atoms with E-state index in [1.165, 1.54) is 0 Å². The average Bonchev–Trinajstić information content (AvgIpc) is 2.30. The number of rotatable bonds is 5. The van der Waals surface area contributed by atoms with Gasteiger partial charge >= 0.3 is 0 Å². The van der Waals surface area contributed by atoms with Gasteiger partial charge in [0, 0.05) is 9.89 Å². The second kappa shape index (κ2) is 5.91. The van der Waals surface area contributed by atoms with Crippen molar-refractivity contribution in [3.8, 4) is 5.75 Å². The fourth-order valence-electron chi connectivity index (χ4n) is 1.22. The van der Waals surface area contributed by atoms with Crippen LogP contribution in [0.25, 0.3) is 0 Å². The molecule has 0 unspecified atom stereocenters. The van der Waals surface area contributed by atoms with Crippen molar-refractivity contribution in [2.24, 2.45) is 16.3 Å². The van der Waals surface area contributed by atoms with Crippen molar-refractivity contribution in [3.63, 3.8) is 0 Å². The monoisotopic (exact) mass is 300 g/mol. The van der Waals surface area contributed by atoms with E-state index in [9.17, 15) is 0 Å². The van der Waals surface area contributed by atoms with Crippen LogP contribution in [-0.4, -0.2) is 17.6 Å². The van der Waals surface area contributed by atoms with Gasteiger partial charge in [-0.2, -0.15) is 0 Å². The third-order valence-electron chi connectivity index (χ3n) is 2.61. The Morgan fingerprint density at radius 3 is 2.53 bits per heavy atom. The second-order valence-corrected chi connectivity index (χ2v) is 5.34. The molecule has 1 aromatic carbocycles. The summed E-state index contributed by atoms with van der Waals surface area (Å²) in [5, 5.41) is 11.7. The van der Waals surface area contributed by atoms with Crippen LogP contribution in [0.3, 0.4) is 0 Å². The highest BCUT2D eigenvalue weighted by molar-refractivity contribution is 9.10. The van der Waals surface area contributed by atoms with Gasteiger partial charge in [-0.15, -0.1) is 0 Å². The van der Waals surface area contributed by atoms with Crippen molar-refractivity contribution in [2.45, 2.75) is 20.3 Å². The van der Waals surface area contributed by atoms with Crippen LogP contribution in [0.2, 0.25) is 0 Å². The van der Waals surface area contributed by atoms with Crippen molar-refractivity contribution in [3.05, 3.63) is 28.7 Å². The van der Waals surface area contributed by atoms with Crippen molar-refractivity contribution < 1.29 is 9.94 Å². The van der Waals surface area contributed by atoms with E-state index in [0.717, 1.165) is 10.2 Å². The van der Waals surface area contributed by atoms with Crippen molar-refractivity contribution in [2.75, 3.05) is 6.61 Å². The van der Waals surface area contributed by atoms with Gasteiger partial charge in [-0.3, -0.25) is 0 Å². The summed E-state index contributed by atoms with van der Waals surface area (Å²) >= 11 is 3.36. The Morgan fingerprint density at radius 2 is 2.00 bits per heavy atom. The van der Waals surface area contributed by atoms with Crippen LogP contribution < -0.4 is 10.5 Å². The summed E-state index contributed by atoms with van der Waals surface area (Å²) in [6.07, 6.45) is 0.680. The summed E-state index contributed by atoms with van der Waals surface area (Å²) < 4.78 is 6.59. The van der Waals surface area contributed by atoms with Gasteiger partial charge < -0.3 is 15.7 Å². The van der Waals surface area contributed by atoms with Gasteiger partial charge in [0.05, 0.1) is 6.61 Å². The van der Waals surface area contributed by atoms with E-state index < -0.39 is 0 Å². The van der Waals surface area contributed by atoms with Crippen LogP contribution in [0, 0.1) is 5.41 Å². The van der Waals surface area contributed by atoms with Crippen LogP contribution in [0.5, 0.6) is 5.75 Å². The molecule has 0 aliphatic carbocycles. The molecule has 0 aromatic heterocycles. The molecule has 0 atom stereocenters. The van der Waals surface area contributed by atoms with Gasteiger partial charge in [0.2, 0.25) is 0 Å². The predicted molar refractivity (Wildman–Crippen MR) is 71.4 cm³/mol. The van der Waals surface area contributed by atoms with E-state index in [-0.39, 0.29) is 11.3 Å². The first kappa shape index (κ1) is 13.8. The molecule has 0 spiro atoms. The zero-order chi connectivity index (χ0) is 12.9. The Morgan fingerprint density at radius 1 is 1.41 bits per heavy atom. The van der Waals surface area contributed by atoms with Gasteiger partial charge in [-0.1, -0.05) is 34.9 Å². The molecule has 94 valence electrons. The molecule has 4 nitrogen and oxygen atoms in total. The molecular weight excluding hydrogens is 284 g/mol. The molecule has 0 amide bonds. The molecule has 0 aliphatic heterocycles. The number of ether oxygens (including phenoxy) is 1. The summed E-state index contributed by atoms with van der Waals surface area (Å²) in [5.74, 6) is 1.03. The lowest BCUT2D eigenvalue weighted by atomic mass is 9.88. The first-order chi connectivity index (χ1) is 7.95. The minimum absolute atomic E-state index is 0.219. The standard InChI is InChI=1S/C12H17BrN2O2/c1-12(2,11(14)15-16)7-8-17-10-5-3-9(13)4-6-10/h3-6,16H,7-8H2,1-2H3,(H2,14,15). The fraction of sp³-hybridized carbons (Fsp3) is 0.417. The van der Waals surface area contributed by atoms with Crippen LogP contribution in [0.1, 0.15) is 20.3 Å². The highest BCUT2D eigenvalue weighted by Gasteiger charge is 2.23. The number of hydrogen-bond acceptors (Lipinski definition) is 3. The summed E-state index contributed by atoms with van der Waals surface area (Å²) in [6, 6.07) is 7.62. The first-order valence-electron chi connectivity index (χ1n) is 5.32. The maximum Gasteiger partial charge on any atom is 0.144 e. The predicted octanol–water partition coefficient (Wildman–Crippen LogP) is 2.99. The Balaban J connectivity index is 2.45. The molecule has 0 radical (unpaired) electrons. The topological polar surface area (TPSA) is 67.8 Å². The van der Waals surface area contributed by atoms with Crippen LogP contribution in [0.4, 0.5) is 0 Å². The molecule has 17 heavy (non-hydrogen) atoms. The van der Waals surface area contributed by atoms with E-state index in [1.54, 1.807) is 0 Å². The maximum atomic E-state index is 8.63. The normalized spacial score (nSPS) is 12.5.